The second kappa shape index (κ2) is 4.30. The van der Waals surface area contributed by atoms with Gasteiger partial charge in [0.1, 0.15) is 5.75 Å². The minimum absolute atomic E-state index is 0.106. The molecule has 0 saturated carbocycles. The Morgan fingerprint density at radius 2 is 1.92 bits per heavy atom. The molecule has 0 aliphatic heterocycles. The fourth-order valence-electron chi connectivity index (χ4n) is 0.794. The summed E-state index contributed by atoms with van der Waals surface area (Å²) in [6, 6.07) is 5.62. The summed E-state index contributed by atoms with van der Waals surface area (Å²) in [5, 5.41) is 10.7. The van der Waals surface area contributed by atoms with E-state index in [1.807, 2.05) is 0 Å². The SMILES string of the molecule is CC=CC(=O)Oc1ccc([O])cc1. The minimum Gasteiger partial charge on any atom is -0.423 e. The summed E-state index contributed by atoms with van der Waals surface area (Å²) in [5.41, 5.74) is 0. The maximum atomic E-state index is 10.9. The molecule has 0 heterocycles. The molecule has 0 N–H and O–H groups in total. The lowest BCUT2D eigenvalue weighted by Gasteiger charge is -1.99. The fraction of sp³-hybridized carbons (Fsp3) is 0.100. The van der Waals surface area contributed by atoms with Crippen molar-refractivity contribution in [2.24, 2.45) is 0 Å². The molecule has 0 saturated heterocycles. The lowest BCUT2D eigenvalue weighted by atomic mass is 10.3. The molecule has 3 nitrogen and oxygen atoms in total. The number of allylic oxidation sites excluding steroid dienone is 1. The van der Waals surface area contributed by atoms with Gasteiger partial charge in [-0.05, 0) is 31.2 Å². The van der Waals surface area contributed by atoms with Crippen LogP contribution in [0.5, 0.6) is 11.5 Å². The van der Waals surface area contributed by atoms with Crippen molar-refractivity contribution >= 4 is 5.97 Å². The van der Waals surface area contributed by atoms with Gasteiger partial charge in [-0.25, -0.2) is 4.79 Å². The van der Waals surface area contributed by atoms with Gasteiger partial charge in [0.2, 0.25) is 0 Å². The van der Waals surface area contributed by atoms with Gasteiger partial charge in [-0.3, -0.25) is 5.11 Å². The van der Waals surface area contributed by atoms with E-state index in [1.165, 1.54) is 30.3 Å². The Balaban J connectivity index is 2.64. The van der Waals surface area contributed by atoms with Gasteiger partial charge in [-0.15, -0.1) is 0 Å². The van der Waals surface area contributed by atoms with Crippen LogP contribution in [0.2, 0.25) is 0 Å². The van der Waals surface area contributed by atoms with Crippen molar-refractivity contribution in [2.45, 2.75) is 6.92 Å². The number of ether oxygens (including phenoxy) is 1. The highest BCUT2D eigenvalue weighted by atomic mass is 16.5. The summed E-state index contributed by atoms with van der Waals surface area (Å²) in [6.07, 6.45) is 2.90. The number of hydrogen-bond acceptors (Lipinski definition) is 2. The van der Waals surface area contributed by atoms with Crippen LogP contribution in [0.1, 0.15) is 6.92 Å². The van der Waals surface area contributed by atoms with E-state index in [1.54, 1.807) is 13.0 Å². The second-order valence-corrected chi connectivity index (χ2v) is 2.39. The van der Waals surface area contributed by atoms with E-state index in [0.717, 1.165) is 0 Å². The number of rotatable bonds is 2. The van der Waals surface area contributed by atoms with E-state index in [0.29, 0.717) is 5.75 Å². The van der Waals surface area contributed by atoms with Crippen LogP contribution in [0.15, 0.2) is 36.4 Å². The first kappa shape index (κ1) is 9.32. The molecule has 1 aromatic rings. The van der Waals surface area contributed by atoms with E-state index in [-0.39, 0.29) is 5.75 Å². The molecule has 0 aliphatic carbocycles. The predicted molar refractivity (Wildman–Crippen MR) is 47.0 cm³/mol. The molecule has 0 aliphatic rings. The number of carbonyl (C=O) groups is 1. The summed E-state index contributed by atoms with van der Waals surface area (Å²) in [7, 11) is 0. The molecule has 0 bridgehead atoms. The van der Waals surface area contributed by atoms with Gasteiger partial charge in [0, 0.05) is 6.08 Å². The first-order valence-electron chi connectivity index (χ1n) is 3.84. The summed E-state index contributed by atoms with van der Waals surface area (Å²) in [4.78, 5) is 10.9. The van der Waals surface area contributed by atoms with Gasteiger partial charge in [0.15, 0.2) is 5.75 Å². The first-order chi connectivity index (χ1) is 6.22. The first-order valence-corrected chi connectivity index (χ1v) is 3.84. The highest BCUT2D eigenvalue weighted by molar-refractivity contribution is 5.83. The Morgan fingerprint density at radius 1 is 1.31 bits per heavy atom. The number of carbonyl (C=O) groups excluding carboxylic acids is 1. The molecular formula is C10H9O3. The average molecular weight is 177 g/mol. The molecule has 1 rings (SSSR count). The van der Waals surface area contributed by atoms with Crippen LogP contribution < -0.4 is 4.74 Å². The summed E-state index contributed by atoms with van der Waals surface area (Å²) >= 11 is 0. The Bertz CT molecular complexity index is 311. The summed E-state index contributed by atoms with van der Waals surface area (Å²) < 4.78 is 4.85. The van der Waals surface area contributed by atoms with Crippen LogP contribution in [0.3, 0.4) is 0 Å². The van der Waals surface area contributed by atoms with Crippen LogP contribution in [0, 0.1) is 0 Å². The van der Waals surface area contributed by atoms with Crippen LogP contribution in [0.4, 0.5) is 0 Å². The lowest BCUT2D eigenvalue weighted by molar-refractivity contribution is -0.129. The normalized spacial score (nSPS) is 10.2. The summed E-state index contributed by atoms with van der Waals surface area (Å²) in [6.45, 7) is 1.72. The molecule has 1 aromatic carbocycles. The molecule has 0 spiro atoms. The highest BCUT2D eigenvalue weighted by Gasteiger charge is 1.99. The van der Waals surface area contributed by atoms with E-state index in [2.05, 4.69) is 0 Å². The third-order valence-corrected chi connectivity index (χ3v) is 1.34. The molecule has 0 unspecified atom stereocenters. The predicted octanol–water partition coefficient (Wildman–Crippen LogP) is 2.31. The van der Waals surface area contributed by atoms with Crippen molar-refractivity contribution in [2.75, 3.05) is 0 Å². The second-order valence-electron chi connectivity index (χ2n) is 2.39. The highest BCUT2D eigenvalue weighted by Crippen LogP contribution is 2.16. The molecule has 1 radical (unpaired) electrons. The van der Waals surface area contributed by atoms with E-state index in [9.17, 15) is 9.90 Å². The van der Waals surface area contributed by atoms with Crippen molar-refractivity contribution in [1.29, 1.82) is 0 Å². The fourth-order valence-corrected chi connectivity index (χ4v) is 0.794. The third-order valence-electron chi connectivity index (χ3n) is 1.34. The van der Waals surface area contributed by atoms with Gasteiger partial charge in [-0.2, -0.15) is 0 Å². The van der Waals surface area contributed by atoms with Crippen molar-refractivity contribution < 1.29 is 14.6 Å². The van der Waals surface area contributed by atoms with E-state index in [4.69, 9.17) is 4.74 Å². The van der Waals surface area contributed by atoms with Gasteiger partial charge in [-0.1, -0.05) is 6.08 Å². The van der Waals surface area contributed by atoms with E-state index < -0.39 is 5.97 Å². The molecule has 0 fully saturated rings. The lowest BCUT2D eigenvalue weighted by Crippen LogP contribution is -2.02. The van der Waals surface area contributed by atoms with Crippen LogP contribution >= 0.6 is 0 Å². The number of benzene rings is 1. The number of esters is 1. The minimum atomic E-state index is -0.443. The standard InChI is InChI=1S/C10H9O3/c1-2-3-10(12)13-9-6-4-8(11)5-7-9/h2-7H,1H3. The zero-order valence-corrected chi connectivity index (χ0v) is 7.19. The smallest absolute Gasteiger partial charge is 0.335 e. The molecule has 3 heteroatoms. The quantitative estimate of drug-likeness (QED) is 0.395. The van der Waals surface area contributed by atoms with Crippen molar-refractivity contribution in [3.63, 3.8) is 0 Å². The summed E-state index contributed by atoms with van der Waals surface area (Å²) in [5.74, 6) is -0.172. The topological polar surface area (TPSA) is 46.2 Å². The van der Waals surface area contributed by atoms with Crippen LogP contribution in [-0.4, -0.2) is 5.97 Å². The van der Waals surface area contributed by atoms with Gasteiger partial charge < -0.3 is 4.74 Å². The molecule has 0 amide bonds. The molecule has 0 atom stereocenters. The van der Waals surface area contributed by atoms with Gasteiger partial charge in [0.25, 0.3) is 0 Å². The van der Waals surface area contributed by atoms with Gasteiger partial charge >= 0.3 is 5.97 Å². The Labute approximate surface area is 76.3 Å². The number of hydrogen-bond donors (Lipinski definition) is 0. The Morgan fingerprint density at radius 3 is 2.46 bits per heavy atom. The third kappa shape index (κ3) is 2.99. The Hall–Kier alpha value is -1.77. The zero-order valence-electron chi connectivity index (χ0n) is 7.19. The van der Waals surface area contributed by atoms with Crippen molar-refractivity contribution in [3.05, 3.63) is 36.4 Å². The van der Waals surface area contributed by atoms with Crippen LogP contribution in [-0.2, 0) is 9.90 Å². The van der Waals surface area contributed by atoms with Gasteiger partial charge in [0.05, 0.1) is 0 Å². The largest absolute Gasteiger partial charge is 0.423 e. The average Bonchev–Trinajstić information content (AvgIpc) is 2.09. The van der Waals surface area contributed by atoms with E-state index >= 15 is 0 Å². The maximum Gasteiger partial charge on any atom is 0.335 e. The molecular weight excluding hydrogens is 168 g/mol. The molecule has 67 valence electrons. The Kier molecular flexibility index (Phi) is 3.09. The maximum absolute atomic E-state index is 10.9. The van der Waals surface area contributed by atoms with Crippen molar-refractivity contribution in [1.82, 2.24) is 0 Å². The zero-order chi connectivity index (χ0) is 9.68. The van der Waals surface area contributed by atoms with Crippen molar-refractivity contribution in [3.8, 4) is 11.5 Å². The molecule has 13 heavy (non-hydrogen) atoms. The molecule has 0 aromatic heterocycles. The van der Waals surface area contributed by atoms with Crippen LogP contribution in [0.25, 0.3) is 0 Å². The monoisotopic (exact) mass is 177 g/mol.